The zero-order chi connectivity index (χ0) is 14.8. The minimum atomic E-state index is -3.52. The maximum atomic E-state index is 12.5. The van der Waals surface area contributed by atoms with Gasteiger partial charge in [0.15, 0.2) is 0 Å². The molecule has 2 rings (SSSR count). The van der Waals surface area contributed by atoms with Crippen LogP contribution in [0, 0.1) is 5.92 Å². The lowest BCUT2D eigenvalue weighted by Crippen LogP contribution is -2.34. The topological polar surface area (TPSA) is 66.5 Å². The van der Waals surface area contributed by atoms with Crippen LogP contribution >= 0.6 is 15.9 Å². The van der Waals surface area contributed by atoms with Crippen molar-refractivity contribution in [3.63, 3.8) is 0 Å². The number of nitrogens with one attached hydrogen (secondary N) is 1. The second-order valence-electron chi connectivity index (χ2n) is 4.70. The molecule has 1 aliphatic heterocycles. The van der Waals surface area contributed by atoms with Crippen molar-refractivity contribution in [1.29, 1.82) is 0 Å². The van der Waals surface area contributed by atoms with Crippen LogP contribution in [0.3, 0.4) is 0 Å². The van der Waals surface area contributed by atoms with Gasteiger partial charge in [-0.3, -0.25) is 4.79 Å². The summed E-state index contributed by atoms with van der Waals surface area (Å²) in [6.45, 7) is 3.05. The molecule has 0 aromatic heterocycles. The fourth-order valence-corrected chi connectivity index (χ4v) is 4.35. The first kappa shape index (κ1) is 15.5. The van der Waals surface area contributed by atoms with E-state index in [9.17, 15) is 13.2 Å². The third kappa shape index (κ3) is 3.21. The van der Waals surface area contributed by atoms with E-state index in [2.05, 4.69) is 21.2 Å². The van der Waals surface area contributed by atoms with Crippen molar-refractivity contribution < 1.29 is 13.2 Å². The minimum absolute atomic E-state index is 0.0700. The number of rotatable bonds is 4. The number of carbonyl (C=O) groups is 1. The molecule has 7 heteroatoms. The molecule has 110 valence electrons. The van der Waals surface area contributed by atoms with Gasteiger partial charge in [0.25, 0.3) is 0 Å². The zero-order valence-corrected chi connectivity index (χ0v) is 13.6. The molecule has 5 nitrogen and oxygen atoms in total. The fourth-order valence-electron chi connectivity index (χ4n) is 2.26. The van der Waals surface area contributed by atoms with Crippen LogP contribution in [0.5, 0.6) is 0 Å². The van der Waals surface area contributed by atoms with E-state index in [4.69, 9.17) is 0 Å². The van der Waals surface area contributed by atoms with Crippen molar-refractivity contribution in [2.45, 2.75) is 18.2 Å². The lowest BCUT2D eigenvalue weighted by Gasteiger charge is -2.16. The Kier molecular flexibility index (Phi) is 4.82. The highest BCUT2D eigenvalue weighted by Gasteiger charge is 2.35. The molecule has 1 atom stereocenters. The Morgan fingerprint density at radius 1 is 1.50 bits per heavy atom. The van der Waals surface area contributed by atoms with Crippen LogP contribution in [0.1, 0.15) is 13.3 Å². The molecule has 1 amide bonds. The van der Waals surface area contributed by atoms with E-state index < -0.39 is 10.0 Å². The summed E-state index contributed by atoms with van der Waals surface area (Å²) in [4.78, 5) is 12.0. The van der Waals surface area contributed by atoms with E-state index in [1.54, 1.807) is 24.3 Å². The average molecular weight is 361 g/mol. The summed E-state index contributed by atoms with van der Waals surface area (Å²) in [5.74, 6) is -0.323. The third-order valence-electron chi connectivity index (χ3n) is 3.31. The van der Waals surface area contributed by atoms with E-state index in [0.29, 0.717) is 19.5 Å². The van der Waals surface area contributed by atoms with Crippen molar-refractivity contribution in [2.75, 3.05) is 19.6 Å². The Morgan fingerprint density at radius 3 is 2.90 bits per heavy atom. The van der Waals surface area contributed by atoms with Gasteiger partial charge in [-0.05, 0) is 31.5 Å². The summed E-state index contributed by atoms with van der Waals surface area (Å²) in [5, 5.41) is 2.74. The van der Waals surface area contributed by atoms with E-state index in [1.807, 2.05) is 6.92 Å². The quantitative estimate of drug-likeness (QED) is 0.886. The maximum absolute atomic E-state index is 12.5. The van der Waals surface area contributed by atoms with Gasteiger partial charge < -0.3 is 5.32 Å². The fraction of sp³-hybridized carbons (Fsp3) is 0.462. The lowest BCUT2D eigenvalue weighted by molar-refractivity contribution is -0.124. The summed E-state index contributed by atoms with van der Waals surface area (Å²) in [6, 6.07) is 6.61. The summed E-state index contributed by atoms with van der Waals surface area (Å²) < 4.78 is 27.1. The smallest absolute Gasteiger partial charge is 0.243 e. The number of hydrogen-bond donors (Lipinski definition) is 1. The van der Waals surface area contributed by atoms with E-state index >= 15 is 0 Å². The van der Waals surface area contributed by atoms with Gasteiger partial charge in [-0.1, -0.05) is 22.0 Å². The Labute approximate surface area is 127 Å². The van der Waals surface area contributed by atoms with Gasteiger partial charge >= 0.3 is 0 Å². The van der Waals surface area contributed by atoms with Gasteiger partial charge in [0, 0.05) is 24.1 Å². The minimum Gasteiger partial charge on any atom is -0.356 e. The molecule has 1 aliphatic rings. The normalized spacial score (nSPS) is 20.0. The van der Waals surface area contributed by atoms with Crippen LogP contribution < -0.4 is 5.32 Å². The van der Waals surface area contributed by atoms with Crippen molar-refractivity contribution in [3.05, 3.63) is 28.7 Å². The van der Waals surface area contributed by atoms with Crippen LogP contribution in [0.15, 0.2) is 33.6 Å². The molecule has 1 fully saturated rings. The largest absolute Gasteiger partial charge is 0.356 e. The van der Waals surface area contributed by atoms with Crippen LogP contribution in [0.2, 0.25) is 0 Å². The first-order valence-corrected chi connectivity index (χ1v) is 8.72. The molecular weight excluding hydrogens is 344 g/mol. The van der Waals surface area contributed by atoms with Crippen molar-refractivity contribution in [2.24, 2.45) is 5.92 Å². The zero-order valence-electron chi connectivity index (χ0n) is 11.2. The lowest BCUT2D eigenvalue weighted by atomic mass is 10.1. The van der Waals surface area contributed by atoms with Crippen LogP contribution in [0.25, 0.3) is 0 Å². The van der Waals surface area contributed by atoms with Gasteiger partial charge in [-0.2, -0.15) is 4.31 Å². The van der Waals surface area contributed by atoms with E-state index in [0.717, 1.165) is 4.47 Å². The third-order valence-corrected chi connectivity index (χ3v) is 5.66. The monoisotopic (exact) mass is 360 g/mol. The van der Waals surface area contributed by atoms with Crippen LogP contribution in [-0.2, 0) is 14.8 Å². The molecule has 20 heavy (non-hydrogen) atoms. The number of benzene rings is 1. The highest BCUT2D eigenvalue weighted by Crippen LogP contribution is 2.25. The molecule has 1 aromatic carbocycles. The summed E-state index contributed by atoms with van der Waals surface area (Å²) >= 11 is 3.27. The van der Waals surface area contributed by atoms with Crippen molar-refractivity contribution >= 4 is 31.9 Å². The molecule has 0 spiro atoms. The average Bonchev–Trinajstić information content (AvgIpc) is 2.89. The molecular formula is C13H17BrN2O3S. The number of hydrogen-bond acceptors (Lipinski definition) is 3. The molecule has 1 N–H and O–H groups in total. The first-order valence-electron chi connectivity index (χ1n) is 6.48. The number of amides is 1. The van der Waals surface area contributed by atoms with Crippen LogP contribution in [0.4, 0.5) is 0 Å². The van der Waals surface area contributed by atoms with Crippen molar-refractivity contribution in [1.82, 2.24) is 9.62 Å². The highest BCUT2D eigenvalue weighted by molar-refractivity contribution is 9.10. The molecule has 1 saturated heterocycles. The molecule has 0 aliphatic carbocycles. The Morgan fingerprint density at radius 2 is 2.25 bits per heavy atom. The van der Waals surface area contributed by atoms with Gasteiger partial charge in [0.2, 0.25) is 15.9 Å². The predicted octanol–water partition coefficient (Wildman–Crippen LogP) is 1.60. The molecule has 1 heterocycles. The summed E-state index contributed by atoms with van der Waals surface area (Å²) in [6.07, 6.45) is 0.569. The number of carbonyl (C=O) groups excluding carboxylic acids is 1. The summed E-state index contributed by atoms with van der Waals surface area (Å²) in [7, 11) is -3.52. The molecule has 0 bridgehead atoms. The highest BCUT2D eigenvalue weighted by atomic mass is 79.9. The summed E-state index contributed by atoms with van der Waals surface area (Å²) in [5.41, 5.74) is 0. The first-order chi connectivity index (χ1) is 9.45. The van der Waals surface area contributed by atoms with Gasteiger partial charge in [-0.25, -0.2) is 8.42 Å². The maximum Gasteiger partial charge on any atom is 0.243 e. The Bertz CT molecular complexity index is 603. The Hall–Kier alpha value is -0.920. The second kappa shape index (κ2) is 6.24. The van der Waals surface area contributed by atoms with E-state index in [1.165, 1.54) is 4.31 Å². The van der Waals surface area contributed by atoms with Gasteiger partial charge in [0.05, 0.1) is 10.8 Å². The van der Waals surface area contributed by atoms with Gasteiger partial charge in [0.1, 0.15) is 0 Å². The van der Waals surface area contributed by atoms with Gasteiger partial charge in [-0.15, -0.1) is 0 Å². The molecule has 0 saturated carbocycles. The Balaban J connectivity index is 2.15. The molecule has 1 aromatic rings. The van der Waals surface area contributed by atoms with E-state index in [-0.39, 0.29) is 23.3 Å². The molecule has 0 radical (unpaired) electrons. The number of nitrogens with zero attached hydrogens (tertiary/aromatic N) is 1. The van der Waals surface area contributed by atoms with Crippen LogP contribution in [-0.4, -0.2) is 38.3 Å². The number of sulfonamides is 1. The standard InChI is InChI=1S/C13H17BrN2O3S/c1-2-15-13(17)10-6-7-16(9-10)20(18,19)12-5-3-4-11(14)8-12/h3-5,8,10H,2,6-7,9H2,1H3,(H,15,17). The molecule has 1 unspecified atom stereocenters. The predicted molar refractivity (Wildman–Crippen MR) is 79.7 cm³/mol. The second-order valence-corrected chi connectivity index (χ2v) is 7.55. The number of halogens is 1. The van der Waals surface area contributed by atoms with Crippen molar-refractivity contribution in [3.8, 4) is 0 Å². The SMILES string of the molecule is CCNC(=O)C1CCN(S(=O)(=O)c2cccc(Br)c2)C1.